The third-order valence-corrected chi connectivity index (χ3v) is 5.44. The molecule has 0 fully saturated rings. The van der Waals surface area contributed by atoms with Gasteiger partial charge in [-0.3, -0.25) is 0 Å². The molecule has 0 aliphatic carbocycles. The first kappa shape index (κ1) is 14.6. The molecule has 2 aromatic rings. The summed E-state index contributed by atoms with van der Waals surface area (Å²) in [6.07, 6.45) is 3.29. The van der Waals surface area contributed by atoms with Gasteiger partial charge in [0.05, 0.1) is 10.9 Å². The summed E-state index contributed by atoms with van der Waals surface area (Å²) in [5.41, 5.74) is 0. The van der Waals surface area contributed by atoms with Crippen LogP contribution in [0.1, 0.15) is 49.5 Å². The van der Waals surface area contributed by atoms with Crippen LogP contribution in [0.3, 0.4) is 0 Å². The third kappa shape index (κ3) is 3.61. The Labute approximate surface area is 123 Å². The van der Waals surface area contributed by atoms with Crippen molar-refractivity contribution in [3.05, 3.63) is 22.0 Å². The summed E-state index contributed by atoms with van der Waals surface area (Å²) in [6.45, 7) is 7.59. The Morgan fingerprint density at radius 2 is 2.00 bits per heavy atom. The average molecular weight is 295 g/mol. The quantitative estimate of drug-likeness (QED) is 0.828. The van der Waals surface area contributed by atoms with E-state index >= 15 is 0 Å². The summed E-state index contributed by atoms with van der Waals surface area (Å²) in [5.74, 6) is 0. The molecule has 2 aromatic heterocycles. The number of rotatable bonds is 7. The third-order valence-electron chi connectivity index (χ3n) is 3.01. The van der Waals surface area contributed by atoms with Gasteiger partial charge in [0.25, 0.3) is 0 Å². The monoisotopic (exact) mass is 295 g/mol. The predicted octanol–water partition coefficient (Wildman–Crippen LogP) is 4.28. The lowest BCUT2D eigenvalue weighted by atomic mass is 10.2. The van der Waals surface area contributed by atoms with Crippen LogP contribution in [0.25, 0.3) is 9.88 Å². The molecule has 1 unspecified atom stereocenters. The zero-order valence-electron chi connectivity index (χ0n) is 11.8. The molecule has 0 saturated carbocycles. The van der Waals surface area contributed by atoms with E-state index in [0.29, 0.717) is 6.04 Å². The number of hydrogen-bond donors (Lipinski definition) is 1. The molecule has 1 atom stereocenters. The smallest absolute Gasteiger partial charge is 0.157 e. The SMILES string of the molecule is CCCNC(CC)c1nnc(-c2ccc(CC)s2)s1. The number of hydrogen-bond acceptors (Lipinski definition) is 5. The van der Waals surface area contributed by atoms with Crippen LogP contribution >= 0.6 is 22.7 Å². The van der Waals surface area contributed by atoms with Crippen LogP contribution in [0.5, 0.6) is 0 Å². The lowest BCUT2D eigenvalue weighted by Gasteiger charge is -2.12. The Balaban J connectivity index is 2.13. The molecule has 5 heteroatoms. The largest absolute Gasteiger partial charge is 0.308 e. The van der Waals surface area contributed by atoms with Crippen LogP contribution in [0.4, 0.5) is 0 Å². The highest BCUT2D eigenvalue weighted by atomic mass is 32.1. The number of nitrogens with zero attached hydrogens (tertiary/aromatic N) is 2. The van der Waals surface area contributed by atoms with Crippen molar-refractivity contribution < 1.29 is 0 Å². The fourth-order valence-corrected chi connectivity index (χ4v) is 3.88. The first-order chi connectivity index (χ1) is 9.28. The second-order valence-electron chi connectivity index (χ2n) is 4.48. The van der Waals surface area contributed by atoms with Crippen molar-refractivity contribution in [3.8, 4) is 9.88 Å². The van der Waals surface area contributed by atoms with E-state index in [2.05, 4.69) is 48.4 Å². The number of aryl methyl sites for hydroxylation is 1. The van der Waals surface area contributed by atoms with Gasteiger partial charge in [0.15, 0.2) is 5.01 Å². The predicted molar refractivity (Wildman–Crippen MR) is 83.9 cm³/mol. The maximum atomic E-state index is 4.36. The lowest BCUT2D eigenvalue weighted by molar-refractivity contribution is 0.513. The van der Waals surface area contributed by atoms with E-state index in [1.54, 1.807) is 11.3 Å². The molecule has 1 N–H and O–H groups in total. The number of nitrogens with one attached hydrogen (secondary N) is 1. The van der Waals surface area contributed by atoms with Gasteiger partial charge in [0, 0.05) is 4.88 Å². The van der Waals surface area contributed by atoms with Crippen molar-refractivity contribution in [2.75, 3.05) is 6.54 Å². The van der Waals surface area contributed by atoms with E-state index in [4.69, 9.17) is 0 Å². The Kier molecular flexibility index (Phi) is 5.48. The molecule has 0 bridgehead atoms. The summed E-state index contributed by atoms with van der Waals surface area (Å²) in [7, 11) is 0. The van der Waals surface area contributed by atoms with E-state index in [0.717, 1.165) is 35.8 Å². The Morgan fingerprint density at radius 1 is 1.16 bits per heavy atom. The van der Waals surface area contributed by atoms with Crippen molar-refractivity contribution in [1.82, 2.24) is 15.5 Å². The standard InChI is InChI=1S/C14H21N3S2/c1-4-9-15-11(6-3)13-16-17-14(19-13)12-8-7-10(5-2)18-12/h7-8,11,15H,4-6,9H2,1-3H3. The van der Waals surface area contributed by atoms with E-state index < -0.39 is 0 Å². The van der Waals surface area contributed by atoms with Gasteiger partial charge < -0.3 is 5.32 Å². The summed E-state index contributed by atoms with van der Waals surface area (Å²) < 4.78 is 0. The zero-order chi connectivity index (χ0) is 13.7. The molecule has 0 aromatic carbocycles. The maximum Gasteiger partial charge on any atom is 0.157 e. The first-order valence-corrected chi connectivity index (χ1v) is 8.57. The molecule has 0 aliphatic rings. The van der Waals surface area contributed by atoms with Gasteiger partial charge in [-0.05, 0) is 37.9 Å². The summed E-state index contributed by atoms with van der Waals surface area (Å²) in [5, 5.41) is 14.4. The fraction of sp³-hybridized carbons (Fsp3) is 0.571. The van der Waals surface area contributed by atoms with E-state index in [1.165, 1.54) is 9.75 Å². The fourth-order valence-electron chi connectivity index (χ4n) is 1.88. The molecular formula is C14H21N3S2. The highest BCUT2D eigenvalue weighted by Gasteiger charge is 2.15. The number of thiophene rings is 1. The van der Waals surface area contributed by atoms with Gasteiger partial charge in [0.1, 0.15) is 5.01 Å². The van der Waals surface area contributed by atoms with Gasteiger partial charge in [-0.2, -0.15) is 0 Å². The van der Waals surface area contributed by atoms with E-state index in [1.807, 2.05) is 11.3 Å². The second kappa shape index (κ2) is 7.12. The van der Waals surface area contributed by atoms with Gasteiger partial charge >= 0.3 is 0 Å². The van der Waals surface area contributed by atoms with Crippen molar-refractivity contribution >= 4 is 22.7 Å². The van der Waals surface area contributed by atoms with Crippen molar-refractivity contribution in [2.24, 2.45) is 0 Å². The van der Waals surface area contributed by atoms with Crippen LogP contribution in [0.2, 0.25) is 0 Å². The molecule has 0 spiro atoms. The molecule has 0 amide bonds. The number of aromatic nitrogens is 2. The lowest BCUT2D eigenvalue weighted by Crippen LogP contribution is -2.21. The Hall–Kier alpha value is -0.780. The normalized spacial score (nSPS) is 12.8. The van der Waals surface area contributed by atoms with Crippen molar-refractivity contribution in [2.45, 2.75) is 46.1 Å². The minimum Gasteiger partial charge on any atom is -0.308 e. The van der Waals surface area contributed by atoms with E-state index in [9.17, 15) is 0 Å². The van der Waals surface area contributed by atoms with Gasteiger partial charge in [-0.25, -0.2) is 0 Å². The van der Waals surface area contributed by atoms with Crippen LogP contribution in [0, 0.1) is 0 Å². The molecule has 0 saturated heterocycles. The Morgan fingerprint density at radius 3 is 2.63 bits per heavy atom. The van der Waals surface area contributed by atoms with Crippen molar-refractivity contribution in [1.29, 1.82) is 0 Å². The van der Waals surface area contributed by atoms with Crippen LogP contribution in [-0.4, -0.2) is 16.7 Å². The maximum absolute atomic E-state index is 4.36. The van der Waals surface area contributed by atoms with Crippen LogP contribution in [0.15, 0.2) is 12.1 Å². The molecular weight excluding hydrogens is 274 g/mol. The molecule has 3 nitrogen and oxygen atoms in total. The molecule has 2 heterocycles. The van der Waals surface area contributed by atoms with Crippen LogP contribution in [-0.2, 0) is 6.42 Å². The Bertz CT molecular complexity index is 504. The second-order valence-corrected chi connectivity index (χ2v) is 6.66. The van der Waals surface area contributed by atoms with Gasteiger partial charge in [-0.1, -0.05) is 32.1 Å². The molecule has 2 rings (SSSR count). The topological polar surface area (TPSA) is 37.8 Å². The molecule has 0 radical (unpaired) electrons. The summed E-state index contributed by atoms with van der Waals surface area (Å²) >= 11 is 3.54. The minimum atomic E-state index is 0.344. The molecule has 0 aliphatic heterocycles. The molecule has 19 heavy (non-hydrogen) atoms. The summed E-state index contributed by atoms with van der Waals surface area (Å²) in [6, 6.07) is 4.69. The van der Waals surface area contributed by atoms with Crippen LogP contribution < -0.4 is 5.32 Å². The van der Waals surface area contributed by atoms with Crippen molar-refractivity contribution in [3.63, 3.8) is 0 Å². The van der Waals surface area contributed by atoms with Gasteiger partial charge in [-0.15, -0.1) is 21.5 Å². The molecule has 104 valence electrons. The average Bonchev–Trinajstić information content (AvgIpc) is 3.08. The highest BCUT2D eigenvalue weighted by Crippen LogP contribution is 2.32. The minimum absolute atomic E-state index is 0.344. The zero-order valence-corrected chi connectivity index (χ0v) is 13.4. The highest BCUT2D eigenvalue weighted by molar-refractivity contribution is 7.21. The summed E-state index contributed by atoms with van der Waals surface area (Å²) in [4.78, 5) is 2.65. The first-order valence-electron chi connectivity index (χ1n) is 6.94. The van der Waals surface area contributed by atoms with E-state index in [-0.39, 0.29) is 0 Å². The van der Waals surface area contributed by atoms with Gasteiger partial charge in [0.2, 0.25) is 0 Å².